The minimum absolute atomic E-state index is 0.822. The number of ether oxygens (including phenoxy) is 2. The van der Waals surface area contributed by atoms with E-state index in [9.17, 15) is 0 Å². The number of hydrogen-bond donors (Lipinski definition) is 1. The summed E-state index contributed by atoms with van der Waals surface area (Å²) < 4.78 is 11.4. The summed E-state index contributed by atoms with van der Waals surface area (Å²) in [6, 6.07) is 0. The Balaban J connectivity index is 1.53. The van der Waals surface area contributed by atoms with E-state index in [1.54, 1.807) is 12.5 Å². The zero-order chi connectivity index (χ0) is 12.9. The molecule has 0 saturated carbocycles. The summed E-state index contributed by atoms with van der Waals surface area (Å²) >= 11 is 0. The molecule has 1 aliphatic carbocycles. The third-order valence-electron chi connectivity index (χ3n) is 3.55. The highest BCUT2D eigenvalue weighted by Gasteiger charge is 2.18. The molecule has 2 aliphatic heterocycles. The van der Waals surface area contributed by atoms with E-state index in [4.69, 9.17) is 9.47 Å². The second-order valence-corrected chi connectivity index (χ2v) is 4.98. The van der Waals surface area contributed by atoms with Crippen LogP contribution >= 0.6 is 0 Å². The quantitative estimate of drug-likeness (QED) is 0.844. The smallest absolute Gasteiger partial charge is 0.231 e. The van der Waals surface area contributed by atoms with Crippen molar-refractivity contribution in [2.24, 2.45) is 0 Å². The summed E-state index contributed by atoms with van der Waals surface area (Å²) in [5, 5.41) is 3.32. The van der Waals surface area contributed by atoms with Crippen molar-refractivity contribution in [3.8, 4) is 0 Å². The SMILES string of the molecule is C1=CCCC(CC2=COC(N3CCNCC3)=CO2)=C1. The molecule has 0 aromatic heterocycles. The van der Waals surface area contributed by atoms with Gasteiger partial charge in [0.1, 0.15) is 12.0 Å². The van der Waals surface area contributed by atoms with Crippen LogP contribution in [-0.2, 0) is 9.47 Å². The topological polar surface area (TPSA) is 33.7 Å². The monoisotopic (exact) mass is 260 g/mol. The molecule has 0 unspecified atom stereocenters. The van der Waals surface area contributed by atoms with Crippen molar-refractivity contribution in [3.05, 3.63) is 48.0 Å². The maximum atomic E-state index is 5.70. The predicted molar refractivity (Wildman–Crippen MR) is 73.9 cm³/mol. The van der Waals surface area contributed by atoms with Crippen LogP contribution in [0.25, 0.3) is 0 Å². The Morgan fingerprint density at radius 1 is 1.16 bits per heavy atom. The fraction of sp³-hybridized carbons (Fsp3) is 0.467. The molecule has 0 bridgehead atoms. The Morgan fingerprint density at radius 3 is 2.74 bits per heavy atom. The highest BCUT2D eigenvalue weighted by molar-refractivity contribution is 5.22. The molecule has 0 aromatic carbocycles. The summed E-state index contributed by atoms with van der Waals surface area (Å²) in [5.41, 5.74) is 1.40. The zero-order valence-electron chi connectivity index (χ0n) is 11.1. The van der Waals surface area contributed by atoms with Gasteiger partial charge in [-0.15, -0.1) is 0 Å². The lowest BCUT2D eigenvalue weighted by Gasteiger charge is -2.31. The lowest BCUT2D eigenvalue weighted by atomic mass is 10.0. The highest BCUT2D eigenvalue weighted by Crippen LogP contribution is 2.24. The standard InChI is InChI=1S/C15H20N2O2/c1-2-4-13(5-3-1)10-14-11-19-15(12-18-14)17-8-6-16-7-9-17/h1-2,4,11-12,16H,3,5-10H2. The lowest BCUT2D eigenvalue weighted by molar-refractivity contribution is 0.121. The molecule has 1 N–H and O–H groups in total. The van der Waals surface area contributed by atoms with E-state index in [1.165, 1.54) is 5.57 Å². The molecule has 4 heteroatoms. The molecule has 19 heavy (non-hydrogen) atoms. The van der Waals surface area contributed by atoms with Gasteiger partial charge in [0.25, 0.3) is 0 Å². The van der Waals surface area contributed by atoms with Gasteiger partial charge in [-0.1, -0.05) is 23.8 Å². The summed E-state index contributed by atoms with van der Waals surface area (Å²) in [5.74, 6) is 1.71. The van der Waals surface area contributed by atoms with Crippen molar-refractivity contribution in [2.75, 3.05) is 26.2 Å². The molecule has 3 aliphatic rings. The van der Waals surface area contributed by atoms with E-state index in [1.807, 2.05) is 0 Å². The molecule has 102 valence electrons. The largest absolute Gasteiger partial charge is 0.460 e. The van der Waals surface area contributed by atoms with Crippen LogP contribution in [-0.4, -0.2) is 31.1 Å². The molecule has 2 heterocycles. The fourth-order valence-electron chi connectivity index (χ4n) is 2.45. The van der Waals surface area contributed by atoms with Gasteiger partial charge in [0.2, 0.25) is 5.88 Å². The number of nitrogens with one attached hydrogen (secondary N) is 1. The first kappa shape index (κ1) is 12.4. The molecule has 1 saturated heterocycles. The second-order valence-electron chi connectivity index (χ2n) is 4.98. The Bertz CT molecular complexity index is 443. The van der Waals surface area contributed by atoms with Crippen molar-refractivity contribution >= 4 is 0 Å². The van der Waals surface area contributed by atoms with E-state index in [0.29, 0.717) is 0 Å². The number of rotatable bonds is 3. The minimum Gasteiger partial charge on any atom is -0.460 e. The molecule has 0 spiro atoms. The highest BCUT2D eigenvalue weighted by atomic mass is 16.6. The first-order chi connectivity index (χ1) is 9.42. The molecule has 3 rings (SSSR count). The van der Waals surface area contributed by atoms with Gasteiger partial charge >= 0.3 is 0 Å². The van der Waals surface area contributed by atoms with Gasteiger partial charge in [-0.3, -0.25) is 0 Å². The van der Waals surface area contributed by atoms with Gasteiger partial charge in [-0.2, -0.15) is 0 Å². The van der Waals surface area contributed by atoms with E-state index < -0.39 is 0 Å². The lowest BCUT2D eigenvalue weighted by Crippen LogP contribution is -2.43. The number of hydrogen-bond acceptors (Lipinski definition) is 4. The van der Waals surface area contributed by atoms with E-state index >= 15 is 0 Å². The molecule has 4 nitrogen and oxygen atoms in total. The van der Waals surface area contributed by atoms with Gasteiger partial charge in [-0.25, -0.2) is 0 Å². The summed E-state index contributed by atoms with van der Waals surface area (Å²) in [6.07, 6.45) is 13.0. The average Bonchev–Trinajstić information content (AvgIpc) is 2.50. The van der Waals surface area contributed by atoms with Gasteiger partial charge < -0.3 is 19.7 Å². The number of piperazine rings is 1. The van der Waals surface area contributed by atoms with Crippen molar-refractivity contribution in [1.29, 1.82) is 0 Å². The van der Waals surface area contributed by atoms with Crippen LogP contribution in [0, 0.1) is 0 Å². The Morgan fingerprint density at radius 2 is 2.05 bits per heavy atom. The second kappa shape index (κ2) is 5.97. The average molecular weight is 260 g/mol. The molecule has 0 radical (unpaired) electrons. The van der Waals surface area contributed by atoms with Crippen LogP contribution in [0.4, 0.5) is 0 Å². The van der Waals surface area contributed by atoms with E-state index in [0.717, 1.165) is 57.1 Å². The summed E-state index contributed by atoms with van der Waals surface area (Å²) in [6.45, 7) is 3.93. The number of nitrogens with zero attached hydrogens (tertiary/aromatic N) is 1. The summed E-state index contributed by atoms with van der Waals surface area (Å²) in [4.78, 5) is 2.20. The maximum Gasteiger partial charge on any atom is 0.231 e. The van der Waals surface area contributed by atoms with Gasteiger partial charge in [0, 0.05) is 32.6 Å². The Kier molecular flexibility index (Phi) is 3.89. The zero-order valence-corrected chi connectivity index (χ0v) is 11.1. The fourth-order valence-corrected chi connectivity index (χ4v) is 2.45. The molecule has 0 atom stereocenters. The van der Waals surface area contributed by atoms with Crippen molar-refractivity contribution < 1.29 is 9.47 Å². The molecular weight excluding hydrogens is 240 g/mol. The minimum atomic E-state index is 0.822. The van der Waals surface area contributed by atoms with E-state index in [-0.39, 0.29) is 0 Å². The predicted octanol–water partition coefficient (Wildman–Crippen LogP) is 2.25. The number of allylic oxidation sites excluding steroid dienone is 4. The molecule has 1 fully saturated rings. The van der Waals surface area contributed by atoms with E-state index in [2.05, 4.69) is 28.4 Å². The van der Waals surface area contributed by atoms with Crippen LogP contribution in [0.1, 0.15) is 19.3 Å². The normalized spacial score (nSPS) is 22.9. The third-order valence-corrected chi connectivity index (χ3v) is 3.55. The van der Waals surface area contributed by atoms with Crippen molar-refractivity contribution in [3.63, 3.8) is 0 Å². The maximum absolute atomic E-state index is 5.70. The van der Waals surface area contributed by atoms with Gasteiger partial charge in [0.05, 0.1) is 0 Å². The first-order valence-electron chi connectivity index (χ1n) is 6.94. The summed E-state index contributed by atoms with van der Waals surface area (Å²) in [7, 11) is 0. The Hall–Kier alpha value is -1.68. The van der Waals surface area contributed by atoms with Crippen molar-refractivity contribution in [1.82, 2.24) is 10.2 Å². The molecule has 0 amide bonds. The van der Waals surface area contributed by atoms with Crippen molar-refractivity contribution in [2.45, 2.75) is 19.3 Å². The van der Waals surface area contributed by atoms with Crippen LogP contribution in [0.2, 0.25) is 0 Å². The third kappa shape index (κ3) is 3.20. The Labute approximate surface area is 114 Å². The molecular formula is C15H20N2O2. The van der Waals surface area contributed by atoms with Crippen LogP contribution in [0.5, 0.6) is 0 Å². The van der Waals surface area contributed by atoms with Crippen LogP contribution in [0.3, 0.4) is 0 Å². The van der Waals surface area contributed by atoms with Gasteiger partial charge in [-0.05, 0) is 12.8 Å². The van der Waals surface area contributed by atoms with Crippen LogP contribution < -0.4 is 5.32 Å². The van der Waals surface area contributed by atoms with Crippen LogP contribution in [0.15, 0.2) is 48.0 Å². The first-order valence-corrected chi connectivity index (χ1v) is 6.94. The van der Waals surface area contributed by atoms with Gasteiger partial charge in [0.15, 0.2) is 6.26 Å². The molecule has 0 aromatic rings.